The standard InChI is InChI=1S/C49H74N7O14/c1-26(2)21-37(54-43(61)31(8)41(49(68)69)56-47(65)38(22-27(3)4)55-44(62)32(9)51-45(63)34(50)25-40(58)59)46(64)52-35(30(7)42(60)53-36(48(66)67)17-14-20-57)19-18-28(5)23-29(6)39(70-10)24-33-15-12-11-13-16-33/h11-13,15-16,18-19,23,26-27,29-32,34-39,41H,14,17,21-22,24-25,50H2,1-10H3,(H,51,63)(H,52,64)(H,53,60)(H,54,61)(H,55,62)(H,56,65)(H,58,59)(H,66,67)(H,68,69)/b19-18+,28-23+/t29-,30-,31-,32+,34-,35?,36+,37-,38-,39-,41+/m0/s1. The molecule has 389 valence electrons. The molecule has 1 radical (unpaired) electrons. The molecular formula is C49H74N7O14. The van der Waals surface area contributed by atoms with E-state index in [4.69, 9.17) is 15.6 Å². The number of carboxylic acids is 3. The number of carbonyl (C=O) groups excluding carboxylic acids is 7. The van der Waals surface area contributed by atoms with Crippen molar-refractivity contribution in [2.24, 2.45) is 35.3 Å². The van der Waals surface area contributed by atoms with Crippen molar-refractivity contribution < 1.29 is 68.0 Å². The molecule has 1 aromatic carbocycles. The molecule has 11 atom stereocenters. The van der Waals surface area contributed by atoms with Crippen LogP contribution >= 0.6 is 0 Å². The van der Waals surface area contributed by atoms with Gasteiger partial charge in [-0.1, -0.05) is 103 Å². The predicted octanol–water partition coefficient (Wildman–Crippen LogP) is 1.54. The van der Waals surface area contributed by atoms with Crippen LogP contribution in [0.2, 0.25) is 0 Å². The van der Waals surface area contributed by atoms with Crippen LogP contribution in [0.3, 0.4) is 0 Å². The van der Waals surface area contributed by atoms with Crippen LogP contribution < -0.4 is 37.6 Å². The van der Waals surface area contributed by atoms with Crippen LogP contribution in [0.5, 0.6) is 0 Å². The van der Waals surface area contributed by atoms with Crippen molar-refractivity contribution in [3.05, 3.63) is 59.7 Å². The number of ether oxygens (including phenoxy) is 1. The van der Waals surface area contributed by atoms with Gasteiger partial charge in [0, 0.05) is 19.4 Å². The highest BCUT2D eigenvalue weighted by atomic mass is 16.5. The fourth-order valence-corrected chi connectivity index (χ4v) is 7.17. The number of hydrogen-bond donors (Lipinski definition) is 10. The highest BCUT2D eigenvalue weighted by molar-refractivity contribution is 5.96. The first kappa shape index (κ1) is 61.5. The van der Waals surface area contributed by atoms with Crippen LogP contribution in [0, 0.1) is 29.6 Å². The molecule has 0 aliphatic carbocycles. The summed E-state index contributed by atoms with van der Waals surface area (Å²) in [7, 11) is 1.61. The Labute approximate surface area is 409 Å². The zero-order valence-corrected chi connectivity index (χ0v) is 41.8. The summed E-state index contributed by atoms with van der Waals surface area (Å²) in [5.74, 6) is -12.8. The zero-order chi connectivity index (χ0) is 53.4. The Morgan fingerprint density at radius 2 is 1.20 bits per heavy atom. The third kappa shape index (κ3) is 22.3. The Kier molecular flexibility index (Phi) is 27.2. The fraction of sp³-hybridized carbons (Fsp3) is 0.592. The second-order valence-corrected chi connectivity index (χ2v) is 18.4. The van der Waals surface area contributed by atoms with Gasteiger partial charge in [0.1, 0.15) is 30.2 Å². The summed E-state index contributed by atoms with van der Waals surface area (Å²) in [5, 5.41) is 43.7. The van der Waals surface area contributed by atoms with E-state index in [2.05, 4.69) is 31.9 Å². The first-order valence-corrected chi connectivity index (χ1v) is 23.3. The van der Waals surface area contributed by atoms with E-state index in [-0.39, 0.29) is 49.5 Å². The number of benzene rings is 1. The molecule has 0 saturated carbocycles. The minimum Gasteiger partial charge on any atom is -0.481 e. The average molecular weight is 985 g/mol. The van der Waals surface area contributed by atoms with Crippen molar-refractivity contribution in [2.75, 3.05) is 7.11 Å². The van der Waals surface area contributed by atoms with E-state index in [9.17, 15) is 58.2 Å². The molecule has 1 aromatic rings. The molecule has 0 aliphatic heterocycles. The molecule has 0 saturated heterocycles. The van der Waals surface area contributed by atoms with Crippen molar-refractivity contribution >= 4 is 59.6 Å². The van der Waals surface area contributed by atoms with Crippen molar-refractivity contribution in [3.8, 4) is 0 Å². The van der Waals surface area contributed by atoms with Crippen LogP contribution in [0.1, 0.15) is 100.0 Å². The number of carbonyl (C=O) groups is 9. The SMILES string of the molecule is CO[C@@H](Cc1ccccc1)[C@@H](C)/C=C(C)/C=C/C(NC(=O)[C@H](CC(C)C)NC(=O)[C@@H](C)[C@@H](NC(=O)[C@H](CC(C)C)NC(=O)[C@@H](C)NC(=O)[C@@H](N)CC(=O)O)C(=O)O)[C@H](C)C(=O)N[C@H](CC[C]=O)C(=O)O. The van der Waals surface area contributed by atoms with Crippen molar-refractivity contribution in [3.63, 3.8) is 0 Å². The number of rotatable bonds is 32. The van der Waals surface area contributed by atoms with Crippen molar-refractivity contribution in [2.45, 2.75) is 149 Å². The average Bonchev–Trinajstić information content (AvgIpc) is 3.28. The van der Waals surface area contributed by atoms with E-state index in [1.165, 1.54) is 20.8 Å². The monoisotopic (exact) mass is 985 g/mol. The lowest BCUT2D eigenvalue weighted by Crippen LogP contribution is -2.59. The largest absolute Gasteiger partial charge is 0.481 e. The van der Waals surface area contributed by atoms with Crippen molar-refractivity contribution in [1.82, 2.24) is 31.9 Å². The molecule has 0 spiro atoms. The summed E-state index contributed by atoms with van der Waals surface area (Å²) < 4.78 is 5.79. The third-order valence-electron chi connectivity index (χ3n) is 11.3. The molecule has 0 fully saturated rings. The maximum atomic E-state index is 14.2. The first-order valence-electron chi connectivity index (χ1n) is 23.3. The number of nitrogens with one attached hydrogen (secondary N) is 6. The molecule has 0 aromatic heterocycles. The van der Waals surface area contributed by atoms with Crippen LogP contribution in [0.25, 0.3) is 0 Å². The van der Waals surface area contributed by atoms with Gasteiger partial charge in [0.2, 0.25) is 35.4 Å². The molecule has 21 nitrogen and oxygen atoms in total. The quantitative estimate of drug-likeness (QED) is 0.0458. The van der Waals surface area contributed by atoms with Crippen molar-refractivity contribution in [1.29, 1.82) is 0 Å². The zero-order valence-electron chi connectivity index (χ0n) is 41.8. The van der Waals surface area contributed by atoms with Crippen LogP contribution in [-0.2, 0) is 59.1 Å². The van der Waals surface area contributed by atoms with Crippen LogP contribution in [0.15, 0.2) is 54.1 Å². The van der Waals surface area contributed by atoms with Gasteiger partial charge in [-0.05, 0) is 56.9 Å². The van der Waals surface area contributed by atoms with Gasteiger partial charge in [-0.25, -0.2) is 9.59 Å². The van der Waals surface area contributed by atoms with E-state index in [0.29, 0.717) is 6.42 Å². The number of carboxylic acid groups (broad SMARTS) is 3. The molecule has 0 aliphatic rings. The van der Waals surface area contributed by atoms with Gasteiger partial charge in [-0.15, -0.1) is 0 Å². The van der Waals surface area contributed by atoms with E-state index in [1.54, 1.807) is 53.2 Å². The molecule has 6 amide bonds. The lowest BCUT2D eigenvalue weighted by atomic mass is 9.94. The Morgan fingerprint density at radius 3 is 1.70 bits per heavy atom. The van der Waals surface area contributed by atoms with Gasteiger partial charge in [-0.2, -0.15) is 0 Å². The molecule has 0 bridgehead atoms. The summed E-state index contributed by atoms with van der Waals surface area (Å²) in [4.78, 5) is 127. The van der Waals surface area contributed by atoms with Gasteiger partial charge in [0.15, 0.2) is 6.29 Å². The number of amides is 6. The number of allylic oxidation sites excluding steroid dienone is 2. The second-order valence-electron chi connectivity index (χ2n) is 18.4. The molecule has 11 N–H and O–H groups in total. The van der Waals surface area contributed by atoms with Crippen LogP contribution in [0.4, 0.5) is 0 Å². The van der Waals surface area contributed by atoms with Gasteiger partial charge in [0.25, 0.3) is 0 Å². The fourth-order valence-electron chi connectivity index (χ4n) is 7.17. The lowest BCUT2D eigenvalue weighted by molar-refractivity contribution is -0.146. The molecule has 0 heterocycles. The highest BCUT2D eigenvalue weighted by Gasteiger charge is 2.37. The number of nitrogens with two attached hydrogens (primary N) is 1. The van der Waals surface area contributed by atoms with E-state index >= 15 is 0 Å². The number of aliphatic carboxylic acids is 3. The lowest BCUT2D eigenvalue weighted by Gasteiger charge is -2.29. The molecular weight excluding hydrogens is 911 g/mol. The first-order chi connectivity index (χ1) is 32.7. The summed E-state index contributed by atoms with van der Waals surface area (Å²) in [6.45, 7) is 14.7. The Balaban J connectivity index is 3.47. The minimum atomic E-state index is -1.88. The maximum absolute atomic E-state index is 14.2. The summed E-state index contributed by atoms with van der Waals surface area (Å²) in [6, 6.07) is -0.0673. The number of hydrogen-bond acceptors (Lipinski definition) is 12. The molecule has 1 rings (SSSR count). The van der Waals surface area contributed by atoms with Gasteiger partial charge in [0.05, 0.1) is 36.4 Å². The Hall–Kier alpha value is -6.48. The molecule has 70 heavy (non-hydrogen) atoms. The van der Waals surface area contributed by atoms with Crippen LogP contribution in [-0.4, -0.2) is 130 Å². The van der Waals surface area contributed by atoms with Gasteiger partial charge < -0.3 is 57.7 Å². The summed E-state index contributed by atoms with van der Waals surface area (Å²) in [5.41, 5.74) is 7.39. The van der Waals surface area contributed by atoms with E-state index in [0.717, 1.165) is 11.1 Å². The van der Waals surface area contributed by atoms with E-state index < -0.39 is 114 Å². The van der Waals surface area contributed by atoms with Gasteiger partial charge in [-0.3, -0.25) is 38.4 Å². The molecule has 21 heteroatoms. The third-order valence-corrected chi connectivity index (χ3v) is 11.3. The Bertz CT molecular complexity index is 2010. The Morgan fingerprint density at radius 1 is 0.671 bits per heavy atom. The minimum absolute atomic E-state index is 0.00301. The van der Waals surface area contributed by atoms with Gasteiger partial charge >= 0.3 is 17.9 Å². The predicted molar refractivity (Wildman–Crippen MR) is 258 cm³/mol. The highest BCUT2D eigenvalue weighted by Crippen LogP contribution is 2.19. The van der Waals surface area contributed by atoms with E-state index in [1.807, 2.05) is 50.3 Å². The summed E-state index contributed by atoms with van der Waals surface area (Å²) >= 11 is 0. The topological polar surface area (TPSA) is 339 Å². The number of methoxy groups -OCH3 is 1. The second kappa shape index (κ2) is 30.9. The summed E-state index contributed by atoms with van der Waals surface area (Å²) in [6.07, 6.45) is 6.06. The smallest absolute Gasteiger partial charge is 0.327 e. The maximum Gasteiger partial charge on any atom is 0.327 e. The normalized spacial score (nSPS) is 16.4. The molecule has 1 unspecified atom stereocenters.